The van der Waals surface area contributed by atoms with Crippen molar-refractivity contribution in [2.45, 2.75) is 12.8 Å². The van der Waals surface area contributed by atoms with E-state index < -0.39 is 0 Å². The van der Waals surface area contributed by atoms with Gasteiger partial charge in [0.15, 0.2) is 0 Å². The molecule has 1 aromatic rings. The second-order valence-corrected chi connectivity index (χ2v) is 2.11. The van der Waals surface area contributed by atoms with E-state index in [2.05, 4.69) is 11.1 Å². The van der Waals surface area contributed by atoms with E-state index in [1.807, 2.05) is 25.1 Å². The summed E-state index contributed by atoms with van der Waals surface area (Å²) in [7, 11) is 0. The molecule has 1 heterocycles. The van der Waals surface area contributed by atoms with Gasteiger partial charge >= 0.3 is 0 Å². The van der Waals surface area contributed by atoms with Gasteiger partial charge in [0.2, 0.25) is 0 Å². The largest absolute Gasteiger partial charge is 0.260 e. The van der Waals surface area contributed by atoms with Gasteiger partial charge in [0, 0.05) is 6.20 Å². The predicted octanol–water partition coefficient (Wildman–Crippen LogP) is 1.71. The molecule has 10 heavy (non-hydrogen) atoms. The fourth-order valence-corrected chi connectivity index (χ4v) is 0.698. The highest BCUT2D eigenvalue weighted by Gasteiger charge is 2.01. The van der Waals surface area contributed by atoms with Gasteiger partial charge in [-0.15, -0.1) is 0 Å². The van der Waals surface area contributed by atoms with Crippen LogP contribution in [0, 0.1) is 11.3 Å². The monoisotopic (exact) mass is 132 g/mol. The van der Waals surface area contributed by atoms with Crippen molar-refractivity contribution in [2.75, 3.05) is 0 Å². The predicted molar refractivity (Wildman–Crippen MR) is 38.3 cm³/mol. The summed E-state index contributed by atoms with van der Waals surface area (Å²) in [5, 5.41) is 8.50. The molecule has 0 amide bonds. The van der Waals surface area contributed by atoms with Crippen molar-refractivity contribution in [3.63, 3.8) is 0 Å². The Morgan fingerprint density at radius 1 is 1.60 bits per heavy atom. The van der Waals surface area contributed by atoms with Crippen molar-refractivity contribution >= 4 is 0 Å². The van der Waals surface area contributed by atoms with Crippen LogP contribution in [0.2, 0.25) is 0 Å². The lowest BCUT2D eigenvalue weighted by atomic mass is 10.1. The average molecular weight is 132 g/mol. The van der Waals surface area contributed by atoms with Gasteiger partial charge in [-0.1, -0.05) is 6.07 Å². The van der Waals surface area contributed by atoms with E-state index in [9.17, 15) is 0 Å². The zero-order valence-electron chi connectivity index (χ0n) is 5.78. The molecule has 0 unspecified atom stereocenters. The molecule has 2 nitrogen and oxygen atoms in total. The second-order valence-electron chi connectivity index (χ2n) is 2.11. The van der Waals surface area contributed by atoms with Gasteiger partial charge in [0.05, 0.1) is 17.7 Å². The van der Waals surface area contributed by atoms with Crippen LogP contribution >= 0.6 is 0 Å². The molecule has 0 spiro atoms. The lowest BCUT2D eigenvalue weighted by Gasteiger charge is -1.97. The van der Waals surface area contributed by atoms with E-state index in [-0.39, 0.29) is 5.92 Å². The van der Waals surface area contributed by atoms with E-state index in [0.717, 1.165) is 5.69 Å². The maximum absolute atomic E-state index is 8.50. The quantitative estimate of drug-likeness (QED) is 0.583. The number of hydrogen-bond donors (Lipinski definition) is 0. The summed E-state index contributed by atoms with van der Waals surface area (Å²) in [6.45, 7) is 1.84. The number of aromatic nitrogens is 1. The van der Waals surface area contributed by atoms with Crippen LogP contribution < -0.4 is 0 Å². The number of nitriles is 1. The van der Waals surface area contributed by atoms with Crippen LogP contribution in [-0.4, -0.2) is 4.98 Å². The van der Waals surface area contributed by atoms with E-state index in [4.69, 9.17) is 5.26 Å². The molecule has 2 heteroatoms. The molecular formula is C8H8N2. The van der Waals surface area contributed by atoms with Gasteiger partial charge in [-0.25, -0.2) is 0 Å². The molecule has 1 aromatic heterocycles. The van der Waals surface area contributed by atoms with E-state index in [1.165, 1.54) is 0 Å². The van der Waals surface area contributed by atoms with Crippen LogP contribution in [0.5, 0.6) is 0 Å². The topological polar surface area (TPSA) is 36.7 Å². The summed E-state index contributed by atoms with van der Waals surface area (Å²) in [6, 6.07) is 7.70. The zero-order chi connectivity index (χ0) is 7.40. The normalized spacial score (nSPS) is 12.0. The van der Waals surface area contributed by atoms with Crippen molar-refractivity contribution in [1.29, 1.82) is 5.26 Å². The first-order chi connectivity index (χ1) is 4.84. The number of nitrogens with zero attached hydrogens (tertiary/aromatic N) is 2. The Bertz CT molecular complexity index is 235. The molecule has 0 radical (unpaired) electrons. The Labute approximate surface area is 60.1 Å². The van der Waals surface area contributed by atoms with Gasteiger partial charge in [-0.3, -0.25) is 4.98 Å². The smallest absolute Gasteiger partial charge is 0.0856 e. The third kappa shape index (κ3) is 1.32. The minimum atomic E-state index is -0.0961. The van der Waals surface area contributed by atoms with Crippen molar-refractivity contribution in [3.05, 3.63) is 30.1 Å². The standard InChI is InChI=1S/C8H8N2/c1-7(6-9)8-4-2-3-5-10-8/h2-5,7H,1H3/t7-/m0/s1. The summed E-state index contributed by atoms with van der Waals surface area (Å²) in [4.78, 5) is 4.03. The van der Waals surface area contributed by atoms with Crippen molar-refractivity contribution < 1.29 is 0 Å². The summed E-state index contributed by atoms with van der Waals surface area (Å²) in [5.41, 5.74) is 0.838. The highest BCUT2D eigenvalue weighted by Crippen LogP contribution is 2.08. The highest BCUT2D eigenvalue weighted by atomic mass is 14.7. The van der Waals surface area contributed by atoms with Crippen LogP contribution in [0.3, 0.4) is 0 Å². The van der Waals surface area contributed by atoms with Crippen molar-refractivity contribution in [1.82, 2.24) is 4.98 Å². The molecule has 0 aliphatic heterocycles. The van der Waals surface area contributed by atoms with Crippen LogP contribution in [-0.2, 0) is 0 Å². The molecule has 0 aromatic carbocycles. The third-order valence-electron chi connectivity index (χ3n) is 1.33. The summed E-state index contributed by atoms with van der Waals surface area (Å²) >= 11 is 0. The van der Waals surface area contributed by atoms with Gasteiger partial charge in [-0.05, 0) is 19.1 Å². The van der Waals surface area contributed by atoms with Crippen molar-refractivity contribution in [2.24, 2.45) is 0 Å². The minimum absolute atomic E-state index is 0.0961. The van der Waals surface area contributed by atoms with E-state index in [0.29, 0.717) is 0 Å². The average Bonchev–Trinajstić information content (AvgIpc) is 2.05. The zero-order valence-corrected chi connectivity index (χ0v) is 5.78. The van der Waals surface area contributed by atoms with Crippen LogP contribution in [0.25, 0.3) is 0 Å². The van der Waals surface area contributed by atoms with Gasteiger partial charge in [0.1, 0.15) is 0 Å². The maximum atomic E-state index is 8.50. The SMILES string of the molecule is C[C@@H](C#N)c1ccccn1. The van der Waals surface area contributed by atoms with Gasteiger partial charge in [0.25, 0.3) is 0 Å². The molecule has 1 atom stereocenters. The molecular weight excluding hydrogens is 124 g/mol. The molecule has 1 rings (SSSR count). The molecule has 0 N–H and O–H groups in total. The molecule has 0 saturated carbocycles. The number of hydrogen-bond acceptors (Lipinski definition) is 2. The minimum Gasteiger partial charge on any atom is -0.260 e. The summed E-state index contributed by atoms with van der Waals surface area (Å²) in [5.74, 6) is -0.0961. The third-order valence-corrected chi connectivity index (χ3v) is 1.33. The number of rotatable bonds is 1. The maximum Gasteiger partial charge on any atom is 0.0856 e. The van der Waals surface area contributed by atoms with Gasteiger partial charge in [-0.2, -0.15) is 5.26 Å². The Morgan fingerprint density at radius 3 is 2.90 bits per heavy atom. The van der Waals surface area contributed by atoms with Crippen molar-refractivity contribution in [3.8, 4) is 6.07 Å². The van der Waals surface area contributed by atoms with Gasteiger partial charge < -0.3 is 0 Å². The van der Waals surface area contributed by atoms with Crippen LogP contribution in [0.4, 0.5) is 0 Å². The van der Waals surface area contributed by atoms with Crippen LogP contribution in [0.1, 0.15) is 18.5 Å². The summed E-state index contributed by atoms with van der Waals surface area (Å²) < 4.78 is 0. The Balaban J connectivity index is 2.88. The second kappa shape index (κ2) is 2.98. The lowest BCUT2D eigenvalue weighted by Crippen LogP contribution is -1.91. The molecule has 0 fully saturated rings. The summed E-state index contributed by atoms with van der Waals surface area (Å²) in [6.07, 6.45) is 1.70. The van der Waals surface area contributed by atoms with Crippen LogP contribution in [0.15, 0.2) is 24.4 Å². The Morgan fingerprint density at radius 2 is 2.40 bits per heavy atom. The highest BCUT2D eigenvalue weighted by molar-refractivity contribution is 5.14. The Kier molecular flexibility index (Phi) is 2.01. The number of pyridine rings is 1. The molecule has 0 bridgehead atoms. The first kappa shape index (κ1) is 6.76. The first-order valence-electron chi connectivity index (χ1n) is 3.15. The first-order valence-corrected chi connectivity index (χ1v) is 3.15. The molecule has 0 saturated heterocycles. The molecule has 0 aliphatic carbocycles. The lowest BCUT2D eigenvalue weighted by molar-refractivity contribution is 0.920. The fraction of sp³-hybridized carbons (Fsp3) is 0.250. The Hall–Kier alpha value is -1.36. The fourth-order valence-electron chi connectivity index (χ4n) is 0.698. The van der Waals surface area contributed by atoms with E-state index in [1.54, 1.807) is 6.20 Å². The van der Waals surface area contributed by atoms with E-state index >= 15 is 0 Å². The molecule has 0 aliphatic rings. The molecule has 50 valence electrons.